The topological polar surface area (TPSA) is 100 Å². The van der Waals surface area contributed by atoms with Crippen LogP contribution in [0, 0.1) is 12.8 Å². The number of aryl methyl sites for hydroxylation is 2. The Labute approximate surface area is 224 Å². The molecule has 2 saturated heterocycles. The van der Waals surface area contributed by atoms with Crippen molar-refractivity contribution in [3.63, 3.8) is 0 Å². The number of para-hydroxylation sites is 1. The third-order valence-corrected chi connectivity index (χ3v) is 7.07. The van der Waals surface area contributed by atoms with Gasteiger partial charge in [-0.25, -0.2) is 0 Å². The van der Waals surface area contributed by atoms with Crippen molar-refractivity contribution in [2.75, 3.05) is 62.8 Å². The summed E-state index contributed by atoms with van der Waals surface area (Å²) < 4.78 is 11.0. The van der Waals surface area contributed by atoms with Gasteiger partial charge in [-0.05, 0) is 61.7 Å². The maximum Gasteiger partial charge on any atom is 0.262 e. The standard InChI is InChI=1S/C29H38N4O5/c1-3-22-7-4-6-21(2)28(22)31-26(34)20-38-25-10-8-24(9-11-25)33-19-23(18-27(33)35)29(36)30-12-5-13-32-14-16-37-17-15-32/h4,6-11,23H,3,5,12-20H2,1-2H3,(H,30,36)(H,31,34)/t23-/m0/s1. The molecule has 1 atom stereocenters. The molecule has 0 bridgehead atoms. The Morgan fingerprint density at radius 3 is 2.61 bits per heavy atom. The predicted molar refractivity (Wildman–Crippen MR) is 146 cm³/mol. The van der Waals surface area contributed by atoms with Crippen molar-refractivity contribution in [1.82, 2.24) is 10.2 Å². The lowest BCUT2D eigenvalue weighted by molar-refractivity contribution is -0.126. The minimum absolute atomic E-state index is 0.0727. The Morgan fingerprint density at radius 2 is 1.87 bits per heavy atom. The highest BCUT2D eigenvalue weighted by molar-refractivity contribution is 6.00. The molecule has 2 heterocycles. The minimum atomic E-state index is -0.361. The van der Waals surface area contributed by atoms with Crippen LogP contribution >= 0.6 is 0 Å². The largest absolute Gasteiger partial charge is 0.484 e. The number of carbonyl (C=O) groups excluding carboxylic acids is 3. The van der Waals surface area contributed by atoms with Crippen LogP contribution in [0.15, 0.2) is 42.5 Å². The van der Waals surface area contributed by atoms with Crippen molar-refractivity contribution in [3.8, 4) is 5.75 Å². The summed E-state index contributed by atoms with van der Waals surface area (Å²) in [6.07, 6.45) is 1.90. The molecule has 2 fully saturated rings. The van der Waals surface area contributed by atoms with Gasteiger partial charge in [-0.3, -0.25) is 19.3 Å². The number of ether oxygens (including phenoxy) is 2. The smallest absolute Gasteiger partial charge is 0.262 e. The lowest BCUT2D eigenvalue weighted by atomic mass is 10.1. The van der Waals surface area contributed by atoms with Crippen LogP contribution in [0.25, 0.3) is 0 Å². The third-order valence-electron chi connectivity index (χ3n) is 7.07. The van der Waals surface area contributed by atoms with Gasteiger partial charge in [-0.2, -0.15) is 0 Å². The third kappa shape index (κ3) is 7.33. The van der Waals surface area contributed by atoms with Crippen molar-refractivity contribution >= 4 is 29.1 Å². The highest BCUT2D eigenvalue weighted by Crippen LogP contribution is 2.27. The van der Waals surface area contributed by atoms with E-state index in [1.807, 2.05) is 25.1 Å². The molecular weight excluding hydrogens is 484 g/mol. The van der Waals surface area contributed by atoms with E-state index in [0.717, 1.165) is 62.5 Å². The van der Waals surface area contributed by atoms with Gasteiger partial charge in [-0.15, -0.1) is 0 Å². The molecular formula is C29H38N4O5. The lowest BCUT2D eigenvalue weighted by Crippen LogP contribution is -2.39. The number of hydrogen-bond donors (Lipinski definition) is 2. The van der Waals surface area contributed by atoms with Crippen molar-refractivity contribution in [3.05, 3.63) is 53.6 Å². The van der Waals surface area contributed by atoms with E-state index in [1.54, 1.807) is 29.2 Å². The first-order valence-electron chi connectivity index (χ1n) is 13.4. The van der Waals surface area contributed by atoms with Gasteiger partial charge in [0.2, 0.25) is 11.8 Å². The van der Waals surface area contributed by atoms with Gasteiger partial charge in [0.05, 0.1) is 19.1 Å². The molecule has 0 saturated carbocycles. The number of amides is 3. The van der Waals surface area contributed by atoms with Crippen LogP contribution in [0.4, 0.5) is 11.4 Å². The van der Waals surface area contributed by atoms with E-state index in [2.05, 4.69) is 22.5 Å². The molecule has 0 spiro atoms. The molecule has 3 amide bonds. The van der Waals surface area contributed by atoms with Gasteiger partial charge < -0.3 is 25.0 Å². The number of benzene rings is 2. The summed E-state index contributed by atoms with van der Waals surface area (Å²) in [7, 11) is 0. The van der Waals surface area contributed by atoms with Crippen molar-refractivity contribution < 1.29 is 23.9 Å². The van der Waals surface area contributed by atoms with Crippen molar-refractivity contribution in [1.29, 1.82) is 0 Å². The fraction of sp³-hybridized carbons (Fsp3) is 0.483. The van der Waals surface area contributed by atoms with E-state index >= 15 is 0 Å². The van der Waals surface area contributed by atoms with Crippen molar-refractivity contribution in [2.45, 2.75) is 33.1 Å². The number of morpholine rings is 1. The summed E-state index contributed by atoms with van der Waals surface area (Å²) in [6.45, 7) is 9.19. The molecule has 2 aromatic carbocycles. The fourth-order valence-electron chi connectivity index (χ4n) is 4.86. The zero-order chi connectivity index (χ0) is 26.9. The maximum absolute atomic E-state index is 12.6. The van der Waals surface area contributed by atoms with Gasteiger partial charge in [0.1, 0.15) is 5.75 Å². The number of anilines is 2. The number of nitrogens with zero attached hydrogens (tertiary/aromatic N) is 2. The van der Waals surface area contributed by atoms with Crippen molar-refractivity contribution in [2.24, 2.45) is 5.92 Å². The molecule has 2 aliphatic heterocycles. The fourth-order valence-corrected chi connectivity index (χ4v) is 4.86. The van der Waals surface area contributed by atoms with Crippen LogP contribution in [0.5, 0.6) is 5.75 Å². The lowest BCUT2D eigenvalue weighted by Gasteiger charge is -2.26. The van der Waals surface area contributed by atoms with E-state index in [-0.39, 0.29) is 36.7 Å². The maximum atomic E-state index is 12.6. The summed E-state index contributed by atoms with van der Waals surface area (Å²) in [5, 5.41) is 5.94. The van der Waals surface area contributed by atoms with Crippen LogP contribution < -0.4 is 20.3 Å². The molecule has 2 N–H and O–H groups in total. The average molecular weight is 523 g/mol. The van der Waals surface area contributed by atoms with Crippen LogP contribution in [-0.2, 0) is 25.5 Å². The molecule has 4 rings (SSSR count). The molecule has 38 heavy (non-hydrogen) atoms. The van der Waals surface area contributed by atoms with E-state index in [4.69, 9.17) is 9.47 Å². The van der Waals surface area contributed by atoms with Crippen LogP contribution in [0.1, 0.15) is 30.9 Å². The average Bonchev–Trinajstić information content (AvgIpc) is 3.33. The normalized spacial score (nSPS) is 17.9. The highest BCUT2D eigenvalue weighted by atomic mass is 16.5. The SMILES string of the molecule is CCc1cccc(C)c1NC(=O)COc1ccc(N2C[C@@H](C(=O)NCCCN3CCOCC3)CC2=O)cc1. The first-order chi connectivity index (χ1) is 18.4. The molecule has 2 aliphatic rings. The first-order valence-corrected chi connectivity index (χ1v) is 13.4. The van der Waals surface area contributed by atoms with E-state index in [9.17, 15) is 14.4 Å². The molecule has 9 nitrogen and oxygen atoms in total. The van der Waals surface area contributed by atoms with Gasteiger partial charge in [0.15, 0.2) is 6.61 Å². The Hall–Kier alpha value is -3.43. The Balaban J connectivity index is 1.21. The zero-order valence-electron chi connectivity index (χ0n) is 22.3. The van der Waals surface area contributed by atoms with E-state index in [0.29, 0.717) is 24.5 Å². The number of carbonyl (C=O) groups is 3. The summed E-state index contributed by atoms with van der Waals surface area (Å²) in [6, 6.07) is 13.0. The molecule has 0 radical (unpaired) electrons. The second kappa shape index (κ2) is 13.4. The summed E-state index contributed by atoms with van der Waals surface area (Å²) in [5.74, 6) is -0.206. The quantitative estimate of drug-likeness (QED) is 0.441. The summed E-state index contributed by atoms with van der Waals surface area (Å²) in [5.41, 5.74) is 3.64. The Kier molecular flexibility index (Phi) is 9.73. The molecule has 0 aromatic heterocycles. The Morgan fingerprint density at radius 1 is 1.11 bits per heavy atom. The van der Waals surface area contributed by atoms with Crippen LogP contribution in [0.3, 0.4) is 0 Å². The van der Waals surface area contributed by atoms with Crippen LogP contribution in [-0.4, -0.2) is 75.2 Å². The molecule has 9 heteroatoms. The second-order valence-corrected chi connectivity index (χ2v) is 9.80. The van der Waals surface area contributed by atoms with Gasteiger partial charge in [0, 0.05) is 44.0 Å². The first kappa shape index (κ1) is 27.6. The number of nitrogens with one attached hydrogen (secondary N) is 2. The van der Waals surface area contributed by atoms with Gasteiger partial charge in [0.25, 0.3) is 5.91 Å². The molecule has 2 aromatic rings. The summed E-state index contributed by atoms with van der Waals surface area (Å²) >= 11 is 0. The Bertz CT molecular complexity index is 1110. The van der Waals surface area contributed by atoms with E-state index in [1.165, 1.54) is 0 Å². The minimum Gasteiger partial charge on any atom is -0.484 e. The molecule has 0 unspecified atom stereocenters. The molecule has 204 valence electrons. The predicted octanol–water partition coefficient (Wildman–Crippen LogP) is 2.77. The number of rotatable bonds is 11. The highest BCUT2D eigenvalue weighted by Gasteiger charge is 2.35. The second-order valence-electron chi connectivity index (χ2n) is 9.80. The van der Waals surface area contributed by atoms with Gasteiger partial charge in [-0.1, -0.05) is 25.1 Å². The van der Waals surface area contributed by atoms with Gasteiger partial charge >= 0.3 is 0 Å². The molecule has 0 aliphatic carbocycles. The number of hydrogen-bond acceptors (Lipinski definition) is 6. The van der Waals surface area contributed by atoms with E-state index < -0.39 is 0 Å². The zero-order valence-corrected chi connectivity index (χ0v) is 22.3. The summed E-state index contributed by atoms with van der Waals surface area (Å²) in [4.78, 5) is 41.7. The van der Waals surface area contributed by atoms with Crippen LogP contribution in [0.2, 0.25) is 0 Å². The monoisotopic (exact) mass is 522 g/mol.